The summed E-state index contributed by atoms with van der Waals surface area (Å²) in [6, 6.07) is 8.64. The molecule has 0 spiro atoms. The van der Waals surface area contributed by atoms with Crippen LogP contribution in [0.5, 0.6) is 0 Å². The molecule has 1 fully saturated rings. The van der Waals surface area contributed by atoms with Gasteiger partial charge in [0, 0.05) is 0 Å². The van der Waals surface area contributed by atoms with Crippen LogP contribution < -0.4 is 0 Å². The van der Waals surface area contributed by atoms with Crippen molar-refractivity contribution in [2.24, 2.45) is 5.92 Å². The van der Waals surface area contributed by atoms with E-state index in [1.165, 1.54) is 31.2 Å². The quantitative estimate of drug-likeness (QED) is 0.770. The van der Waals surface area contributed by atoms with Crippen LogP contribution >= 0.6 is 0 Å². The van der Waals surface area contributed by atoms with E-state index in [0.717, 1.165) is 37.2 Å². The highest BCUT2D eigenvalue weighted by Crippen LogP contribution is 2.38. The van der Waals surface area contributed by atoms with Gasteiger partial charge in [0.15, 0.2) is 0 Å². The van der Waals surface area contributed by atoms with E-state index >= 15 is 0 Å². The van der Waals surface area contributed by atoms with Crippen LogP contribution in [0.1, 0.15) is 69.9 Å². The molecule has 1 aliphatic rings. The zero-order chi connectivity index (χ0) is 13.7. The first-order chi connectivity index (χ1) is 9.18. The average Bonchev–Trinajstić information content (AvgIpc) is 2.62. The maximum absolute atomic E-state index is 11.0. The van der Waals surface area contributed by atoms with Crippen LogP contribution in [0.3, 0.4) is 0 Å². The Balaban J connectivity index is 2.16. The van der Waals surface area contributed by atoms with Gasteiger partial charge in [-0.05, 0) is 49.1 Å². The zero-order valence-corrected chi connectivity index (χ0v) is 12.5. The summed E-state index contributed by atoms with van der Waals surface area (Å²) < 4.78 is 0. The highest BCUT2D eigenvalue weighted by molar-refractivity contribution is 5.28. The summed E-state index contributed by atoms with van der Waals surface area (Å²) in [5.74, 6) is 0.813. The van der Waals surface area contributed by atoms with Crippen molar-refractivity contribution in [3.05, 3.63) is 35.4 Å². The summed E-state index contributed by atoms with van der Waals surface area (Å²) in [6.45, 7) is 4.48. The van der Waals surface area contributed by atoms with E-state index in [9.17, 15) is 5.11 Å². The molecule has 2 unspecified atom stereocenters. The van der Waals surface area contributed by atoms with Gasteiger partial charge in [0.1, 0.15) is 0 Å². The lowest BCUT2D eigenvalue weighted by atomic mass is 9.85. The molecule has 0 radical (unpaired) electrons. The Morgan fingerprint density at radius 2 is 2.05 bits per heavy atom. The zero-order valence-electron chi connectivity index (χ0n) is 12.5. The largest absolute Gasteiger partial charge is 0.385 e. The number of hydrogen-bond acceptors (Lipinski definition) is 1. The van der Waals surface area contributed by atoms with Gasteiger partial charge in [0.25, 0.3) is 0 Å². The van der Waals surface area contributed by atoms with Crippen LogP contribution in [0.4, 0.5) is 0 Å². The predicted molar refractivity (Wildman–Crippen MR) is 81.2 cm³/mol. The highest BCUT2D eigenvalue weighted by Gasteiger charge is 2.32. The van der Waals surface area contributed by atoms with Gasteiger partial charge < -0.3 is 5.11 Å². The molecule has 0 saturated heterocycles. The molecular weight excluding hydrogens is 232 g/mol. The van der Waals surface area contributed by atoms with Gasteiger partial charge in [-0.15, -0.1) is 0 Å². The fraction of sp³-hybridized carbons (Fsp3) is 0.667. The molecule has 1 N–H and O–H groups in total. The molecule has 2 atom stereocenters. The summed E-state index contributed by atoms with van der Waals surface area (Å²) in [5.41, 5.74) is 1.94. The average molecular weight is 260 g/mol. The highest BCUT2D eigenvalue weighted by atomic mass is 16.3. The van der Waals surface area contributed by atoms with Crippen LogP contribution in [0.25, 0.3) is 0 Å². The summed E-state index contributed by atoms with van der Waals surface area (Å²) in [6.07, 6.45) is 9.01. The molecule has 19 heavy (non-hydrogen) atoms. The molecule has 1 saturated carbocycles. The Bertz CT molecular complexity index is 398. The third-order valence-electron chi connectivity index (χ3n) is 4.75. The number of rotatable bonds is 4. The number of aliphatic hydroxyl groups is 1. The summed E-state index contributed by atoms with van der Waals surface area (Å²) in [5, 5.41) is 11.0. The fourth-order valence-electron chi connectivity index (χ4n) is 3.40. The predicted octanol–water partition coefficient (Wildman–Crippen LogP) is 4.82. The van der Waals surface area contributed by atoms with E-state index < -0.39 is 5.60 Å². The van der Waals surface area contributed by atoms with E-state index in [2.05, 4.69) is 38.1 Å². The first kappa shape index (κ1) is 14.6. The second kappa shape index (κ2) is 6.56. The SMILES string of the molecule is CCCc1cccc(C2(O)CCCC(CC)CC2)c1. The maximum atomic E-state index is 11.0. The maximum Gasteiger partial charge on any atom is 0.0896 e. The van der Waals surface area contributed by atoms with Gasteiger partial charge >= 0.3 is 0 Å². The number of benzene rings is 1. The van der Waals surface area contributed by atoms with Crippen molar-refractivity contribution in [2.75, 3.05) is 0 Å². The van der Waals surface area contributed by atoms with Crippen LogP contribution in [0.2, 0.25) is 0 Å². The second-order valence-electron chi connectivity index (χ2n) is 6.19. The minimum atomic E-state index is -0.576. The van der Waals surface area contributed by atoms with Crippen molar-refractivity contribution in [1.29, 1.82) is 0 Å². The molecule has 0 amide bonds. The summed E-state index contributed by atoms with van der Waals surface area (Å²) >= 11 is 0. The van der Waals surface area contributed by atoms with Gasteiger partial charge in [0.2, 0.25) is 0 Å². The Morgan fingerprint density at radius 3 is 2.79 bits per heavy atom. The van der Waals surface area contributed by atoms with Crippen molar-refractivity contribution in [3.8, 4) is 0 Å². The second-order valence-corrected chi connectivity index (χ2v) is 6.19. The smallest absolute Gasteiger partial charge is 0.0896 e. The molecule has 1 aromatic rings. The van der Waals surface area contributed by atoms with Gasteiger partial charge in [-0.3, -0.25) is 0 Å². The molecule has 1 heteroatoms. The van der Waals surface area contributed by atoms with Crippen molar-refractivity contribution < 1.29 is 5.11 Å². The Labute approximate surface area is 118 Å². The Morgan fingerprint density at radius 1 is 1.21 bits per heavy atom. The van der Waals surface area contributed by atoms with E-state index in [-0.39, 0.29) is 0 Å². The molecular formula is C18H28O. The van der Waals surface area contributed by atoms with Crippen LogP contribution in [-0.2, 0) is 12.0 Å². The van der Waals surface area contributed by atoms with Crippen LogP contribution in [0.15, 0.2) is 24.3 Å². The fourth-order valence-corrected chi connectivity index (χ4v) is 3.40. The number of hydrogen-bond donors (Lipinski definition) is 1. The Hall–Kier alpha value is -0.820. The van der Waals surface area contributed by atoms with Crippen LogP contribution in [0, 0.1) is 5.92 Å². The first-order valence-electron chi connectivity index (χ1n) is 7.99. The van der Waals surface area contributed by atoms with E-state index in [1.807, 2.05) is 0 Å². The topological polar surface area (TPSA) is 20.2 Å². The van der Waals surface area contributed by atoms with Crippen molar-refractivity contribution in [3.63, 3.8) is 0 Å². The minimum Gasteiger partial charge on any atom is -0.385 e. The van der Waals surface area contributed by atoms with Crippen molar-refractivity contribution in [1.82, 2.24) is 0 Å². The summed E-state index contributed by atoms with van der Waals surface area (Å²) in [7, 11) is 0. The van der Waals surface area contributed by atoms with Crippen molar-refractivity contribution >= 4 is 0 Å². The lowest BCUT2D eigenvalue weighted by Gasteiger charge is -2.28. The van der Waals surface area contributed by atoms with E-state index in [0.29, 0.717) is 0 Å². The molecule has 106 valence electrons. The number of aryl methyl sites for hydroxylation is 1. The molecule has 1 aromatic carbocycles. The standard InChI is InChI=1S/C18H28O/c1-3-7-16-8-5-10-17(14-16)18(19)12-6-9-15(4-2)11-13-18/h5,8,10,14-15,19H,3-4,6-7,9,11-13H2,1-2H3. The van der Waals surface area contributed by atoms with Gasteiger partial charge in [0.05, 0.1) is 5.60 Å². The third kappa shape index (κ3) is 3.60. The first-order valence-corrected chi connectivity index (χ1v) is 7.99. The molecule has 0 bridgehead atoms. The molecule has 1 aliphatic carbocycles. The lowest BCUT2D eigenvalue weighted by molar-refractivity contribution is 0.0195. The summed E-state index contributed by atoms with van der Waals surface area (Å²) in [4.78, 5) is 0. The van der Waals surface area contributed by atoms with Gasteiger partial charge in [-0.2, -0.15) is 0 Å². The van der Waals surface area contributed by atoms with Gasteiger partial charge in [-0.25, -0.2) is 0 Å². The normalized spacial score (nSPS) is 28.1. The molecule has 2 rings (SSSR count). The lowest BCUT2D eigenvalue weighted by Crippen LogP contribution is -2.25. The monoisotopic (exact) mass is 260 g/mol. The van der Waals surface area contributed by atoms with Crippen LogP contribution in [-0.4, -0.2) is 5.11 Å². The van der Waals surface area contributed by atoms with E-state index in [4.69, 9.17) is 0 Å². The Kier molecular flexibility index (Phi) is 5.04. The van der Waals surface area contributed by atoms with E-state index in [1.54, 1.807) is 0 Å². The molecule has 0 aliphatic heterocycles. The van der Waals surface area contributed by atoms with Crippen molar-refractivity contribution in [2.45, 2.75) is 70.8 Å². The third-order valence-corrected chi connectivity index (χ3v) is 4.75. The molecule has 0 aromatic heterocycles. The minimum absolute atomic E-state index is 0.576. The van der Waals surface area contributed by atoms with Gasteiger partial charge in [-0.1, -0.05) is 57.4 Å². The molecule has 1 nitrogen and oxygen atoms in total. The molecule has 0 heterocycles.